The van der Waals surface area contributed by atoms with E-state index in [4.69, 9.17) is 4.74 Å². The van der Waals surface area contributed by atoms with Crippen molar-refractivity contribution in [2.75, 3.05) is 20.6 Å². The second-order valence-corrected chi connectivity index (χ2v) is 17.3. The second kappa shape index (κ2) is 15.1. The van der Waals surface area contributed by atoms with E-state index >= 15 is 0 Å². The van der Waals surface area contributed by atoms with Gasteiger partial charge in [0.05, 0.1) is 22.6 Å². The van der Waals surface area contributed by atoms with Gasteiger partial charge < -0.3 is 25.2 Å². The van der Waals surface area contributed by atoms with Crippen molar-refractivity contribution in [3.8, 4) is 5.88 Å². The number of amides is 5. The highest BCUT2D eigenvalue weighted by Gasteiger charge is 2.62. The third kappa shape index (κ3) is 7.86. The van der Waals surface area contributed by atoms with Crippen LogP contribution in [0, 0.1) is 17.8 Å². The Morgan fingerprint density at radius 2 is 1.76 bits per heavy atom. The molecule has 1 aromatic carbocycles. The van der Waals surface area contributed by atoms with E-state index < -0.39 is 80.4 Å². The van der Waals surface area contributed by atoms with Gasteiger partial charge in [-0.3, -0.25) is 33.5 Å². The molecule has 2 aliphatic heterocycles. The largest absolute Gasteiger partial charge is 0.471 e. The smallest absolute Gasteiger partial charge is 0.311 e. The molecule has 4 aliphatic rings. The minimum absolute atomic E-state index is 0.0561. The molecule has 6 rings (SSSR count). The quantitative estimate of drug-likeness (QED) is 0.267. The summed E-state index contributed by atoms with van der Waals surface area (Å²) in [6.07, 6.45) is 5.76. The molecule has 2 saturated carbocycles. The Hall–Kier alpha value is -4.80. The maximum atomic E-state index is 14.7. The molecule has 0 bridgehead atoms. The SMILES string of the molecule is CCn1nc(OC2CC3C(=O)NC4(C(=O)NS(=O)(=O)C5CC5)CC4C=CCCC(C)CC(C)C(NC(=O)C(=O)N(C)C)C(=O)N3C2)c2ccccc2c1=O. The van der Waals surface area contributed by atoms with Crippen molar-refractivity contribution in [2.45, 2.75) is 101 Å². The molecule has 0 radical (unpaired) electrons. The molecule has 17 heteroatoms. The molecule has 54 heavy (non-hydrogen) atoms. The highest BCUT2D eigenvalue weighted by Crippen LogP contribution is 2.46. The van der Waals surface area contributed by atoms with Crippen LogP contribution in [-0.4, -0.2) is 107 Å². The van der Waals surface area contributed by atoms with Crippen molar-refractivity contribution in [1.29, 1.82) is 0 Å². The van der Waals surface area contributed by atoms with E-state index in [1.54, 1.807) is 31.2 Å². The summed E-state index contributed by atoms with van der Waals surface area (Å²) in [6, 6.07) is 4.39. The highest BCUT2D eigenvalue weighted by atomic mass is 32.2. The molecule has 7 unspecified atom stereocenters. The molecule has 3 N–H and O–H groups in total. The van der Waals surface area contributed by atoms with Crippen LogP contribution in [0.3, 0.4) is 0 Å². The molecule has 2 aliphatic carbocycles. The van der Waals surface area contributed by atoms with Crippen molar-refractivity contribution < 1.29 is 37.1 Å². The van der Waals surface area contributed by atoms with Crippen molar-refractivity contribution in [3.63, 3.8) is 0 Å². The van der Waals surface area contributed by atoms with Gasteiger partial charge in [-0.25, -0.2) is 13.1 Å². The fraction of sp³-hybridized carbons (Fsp3) is 0.595. The predicted molar refractivity (Wildman–Crippen MR) is 197 cm³/mol. The number of benzene rings is 1. The topological polar surface area (TPSA) is 206 Å². The molecule has 5 amide bonds. The van der Waals surface area contributed by atoms with Gasteiger partial charge in [0.15, 0.2) is 0 Å². The van der Waals surface area contributed by atoms with Crippen LogP contribution in [0.25, 0.3) is 10.8 Å². The van der Waals surface area contributed by atoms with Crippen molar-refractivity contribution in [3.05, 3.63) is 46.8 Å². The lowest BCUT2D eigenvalue weighted by atomic mass is 9.87. The van der Waals surface area contributed by atoms with Crippen LogP contribution in [0.1, 0.15) is 65.7 Å². The molecule has 0 spiro atoms. The van der Waals surface area contributed by atoms with Gasteiger partial charge >= 0.3 is 11.8 Å². The summed E-state index contributed by atoms with van der Waals surface area (Å²) in [6.45, 7) is 5.73. The number of rotatable bonds is 7. The number of nitrogens with zero attached hydrogens (tertiary/aromatic N) is 4. The highest BCUT2D eigenvalue weighted by molar-refractivity contribution is 7.91. The lowest BCUT2D eigenvalue weighted by Gasteiger charge is -2.33. The Balaban J connectivity index is 1.37. The first kappa shape index (κ1) is 38.9. The van der Waals surface area contributed by atoms with E-state index in [2.05, 4.69) is 20.5 Å². The number of nitrogens with one attached hydrogen (secondary N) is 3. The Labute approximate surface area is 314 Å². The molecule has 1 aromatic heterocycles. The molecule has 3 heterocycles. The standard InChI is InChI=1S/C37H49N7O9S/c1-6-44-33(47)27-14-10-9-13-26(27)32(40-44)53-24-18-28-30(45)39-37(36(50)41-54(51,52)25-15-16-25)19-23(37)12-8-7-11-21(2)17-22(3)29(34(48)43(28)20-24)38-31(46)35(49)42(4)5/h8-10,12-14,21-25,28-29H,6-7,11,15-20H2,1-5H3,(H,38,46)(H,39,45)(H,41,50). The molecule has 16 nitrogen and oxygen atoms in total. The predicted octanol–water partition coefficient (Wildman–Crippen LogP) is 0.833. The number of sulfonamides is 1. The summed E-state index contributed by atoms with van der Waals surface area (Å²) in [5, 5.41) is 10.1. The number of aromatic nitrogens is 2. The number of allylic oxidation sites excluding steroid dienone is 1. The van der Waals surface area contributed by atoms with Crippen molar-refractivity contribution in [1.82, 2.24) is 34.9 Å². The van der Waals surface area contributed by atoms with E-state index in [1.807, 2.05) is 26.0 Å². The second-order valence-electron chi connectivity index (χ2n) is 15.4. The van der Waals surface area contributed by atoms with Crippen LogP contribution < -0.4 is 25.7 Å². The van der Waals surface area contributed by atoms with Crippen LogP contribution in [0.4, 0.5) is 0 Å². The zero-order valence-electron chi connectivity index (χ0n) is 31.2. The number of hydrogen-bond acceptors (Lipinski definition) is 10. The number of carbonyl (C=O) groups excluding carboxylic acids is 5. The van der Waals surface area contributed by atoms with Gasteiger partial charge in [0, 0.05) is 33.0 Å². The summed E-state index contributed by atoms with van der Waals surface area (Å²) in [5.41, 5.74) is -1.87. The molecule has 1 saturated heterocycles. The molecular formula is C37H49N7O9S. The van der Waals surface area contributed by atoms with Crippen LogP contribution in [0.2, 0.25) is 0 Å². The number of ether oxygens (including phenoxy) is 1. The monoisotopic (exact) mass is 767 g/mol. The Morgan fingerprint density at radius 3 is 2.43 bits per heavy atom. The van der Waals surface area contributed by atoms with E-state index in [0.29, 0.717) is 42.9 Å². The fourth-order valence-corrected chi connectivity index (χ4v) is 8.93. The van der Waals surface area contributed by atoms with Crippen LogP contribution in [0.5, 0.6) is 5.88 Å². The Bertz CT molecular complexity index is 2050. The Morgan fingerprint density at radius 1 is 1.06 bits per heavy atom. The third-order valence-corrected chi connectivity index (χ3v) is 12.7. The Kier molecular flexibility index (Phi) is 10.9. The van der Waals surface area contributed by atoms with Crippen LogP contribution in [-0.2, 0) is 40.5 Å². The molecule has 292 valence electrons. The van der Waals surface area contributed by atoms with Gasteiger partial charge in [0.1, 0.15) is 23.7 Å². The van der Waals surface area contributed by atoms with Gasteiger partial charge in [0.2, 0.25) is 27.7 Å². The van der Waals surface area contributed by atoms with Crippen LogP contribution in [0.15, 0.2) is 41.2 Å². The van der Waals surface area contributed by atoms with Crippen LogP contribution >= 0.6 is 0 Å². The summed E-state index contributed by atoms with van der Waals surface area (Å²) in [4.78, 5) is 84.1. The van der Waals surface area contributed by atoms with E-state index in [9.17, 15) is 37.2 Å². The molecule has 2 aromatic rings. The van der Waals surface area contributed by atoms with Gasteiger partial charge in [-0.05, 0) is 69.4 Å². The summed E-state index contributed by atoms with van der Waals surface area (Å²) in [5.74, 6) is -4.71. The minimum atomic E-state index is -3.93. The van der Waals surface area contributed by atoms with E-state index in [0.717, 1.165) is 4.90 Å². The minimum Gasteiger partial charge on any atom is -0.471 e. The summed E-state index contributed by atoms with van der Waals surface area (Å²) in [7, 11) is -1.08. The van der Waals surface area contributed by atoms with Gasteiger partial charge in [-0.15, -0.1) is 5.10 Å². The average molecular weight is 768 g/mol. The lowest BCUT2D eigenvalue weighted by Crippen LogP contribution is -2.59. The molecule has 7 atom stereocenters. The van der Waals surface area contributed by atoms with Gasteiger partial charge in [-0.2, -0.15) is 0 Å². The zero-order chi connectivity index (χ0) is 39.1. The maximum Gasteiger partial charge on any atom is 0.311 e. The summed E-state index contributed by atoms with van der Waals surface area (Å²) < 4.78 is 35.6. The fourth-order valence-electron chi connectivity index (χ4n) is 7.57. The normalized spacial score (nSPS) is 28.9. The third-order valence-electron chi connectivity index (χ3n) is 10.9. The summed E-state index contributed by atoms with van der Waals surface area (Å²) >= 11 is 0. The number of fused-ring (bicyclic) bond motifs is 3. The van der Waals surface area contributed by atoms with Crippen molar-refractivity contribution >= 4 is 50.3 Å². The number of carbonyl (C=O) groups is 5. The maximum absolute atomic E-state index is 14.7. The lowest BCUT2D eigenvalue weighted by molar-refractivity contribution is -0.148. The van der Waals surface area contributed by atoms with Crippen molar-refractivity contribution in [2.24, 2.45) is 17.8 Å². The molecule has 3 fully saturated rings. The van der Waals surface area contributed by atoms with Gasteiger partial charge in [-0.1, -0.05) is 38.1 Å². The number of hydrogen-bond donors (Lipinski definition) is 3. The van der Waals surface area contributed by atoms with Gasteiger partial charge in [0.25, 0.3) is 11.5 Å². The molecular weight excluding hydrogens is 719 g/mol. The number of aryl methyl sites for hydroxylation is 1. The zero-order valence-corrected chi connectivity index (χ0v) is 32.1. The van der Waals surface area contributed by atoms with E-state index in [1.165, 1.54) is 23.7 Å². The first-order chi connectivity index (χ1) is 25.6. The first-order valence-electron chi connectivity index (χ1n) is 18.6. The van der Waals surface area contributed by atoms with E-state index in [-0.39, 0.29) is 43.3 Å². The number of likely N-dealkylation sites (N-methyl/N-ethyl adjacent to an activating group) is 1. The average Bonchev–Trinajstić information content (AvgIpc) is 4.06. The first-order valence-corrected chi connectivity index (χ1v) is 20.1.